The summed E-state index contributed by atoms with van der Waals surface area (Å²) in [5, 5.41) is 19.1. The first kappa shape index (κ1) is 26.6. The van der Waals surface area contributed by atoms with Crippen LogP contribution in [0.4, 0.5) is 5.13 Å². The van der Waals surface area contributed by atoms with E-state index in [-0.39, 0.29) is 15.0 Å². The molecule has 0 aliphatic rings. The summed E-state index contributed by atoms with van der Waals surface area (Å²) >= 11 is 0.698. The van der Waals surface area contributed by atoms with E-state index < -0.39 is 15.7 Å². The van der Waals surface area contributed by atoms with Gasteiger partial charge in [-0.3, -0.25) is 10.1 Å². The van der Waals surface area contributed by atoms with Crippen molar-refractivity contribution >= 4 is 38.3 Å². The van der Waals surface area contributed by atoms with Gasteiger partial charge in [0.25, 0.3) is 5.91 Å². The van der Waals surface area contributed by atoms with Gasteiger partial charge in [0, 0.05) is 11.8 Å². The molecule has 1 heterocycles. The molecule has 3 aromatic rings. The molecule has 2 aromatic carbocycles. The van der Waals surface area contributed by atoms with Crippen LogP contribution in [-0.4, -0.2) is 37.9 Å². The van der Waals surface area contributed by atoms with Crippen LogP contribution in [0.2, 0.25) is 0 Å². The van der Waals surface area contributed by atoms with Crippen LogP contribution in [0, 0.1) is 18.3 Å². The molecule has 0 radical (unpaired) electrons. The quantitative estimate of drug-likeness (QED) is 0.181. The molecule has 11 heteroatoms. The predicted octanol–water partition coefficient (Wildman–Crippen LogP) is 4.11. The summed E-state index contributed by atoms with van der Waals surface area (Å²) in [5.74, 6) is 0.231. The van der Waals surface area contributed by atoms with E-state index in [0.29, 0.717) is 41.4 Å². The van der Waals surface area contributed by atoms with Crippen LogP contribution >= 0.6 is 11.3 Å². The maximum Gasteiger partial charge on any atom is 0.268 e. The number of aromatic nitrogens is 2. The van der Waals surface area contributed by atoms with Crippen molar-refractivity contribution in [3.05, 3.63) is 76.9 Å². The van der Waals surface area contributed by atoms with Gasteiger partial charge in [0.15, 0.2) is 11.5 Å². The van der Waals surface area contributed by atoms with E-state index in [1.54, 1.807) is 18.2 Å². The molecule has 3 rings (SSSR count). The highest BCUT2D eigenvalue weighted by atomic mass is 32.2. The van der Waals surface area contributed by atoms with Gasteiger partial charge in [-0.2, -0.15) is 5.26 Å². The Morgan fingerprint density at radius 1 is 1.25 bits per heavy atom. The third kappa shape index (κ3) is 6.56. The second-order valence-corrected chi connectivity index (χ2v) is 10.9. The van der Waals surface area contributed by atoms with Crippen molar-refractivity contribution in [2.75, 3.05) is 18.7 Å². The van der Waals surface area contributed by atoms with Gasteiger partial charge in [-0.25, -0.2) is 8.42 Å². The predicted molar refractivity (Wildman–Crippen MR) is 138 cm³/mol. The average Bonchev–Trinajstić information content (AvgIpc) is 3.31. The van der Waals surface area contributed by atoms with Gasteiger partial charge < -0.3 is 9.47 Å². The first-order chi connectivity index (χ1) is 17.2. The van der Waals surface area contributed by atoms with Crippen molar-refractivity contribution in [3.8, 4) is 17.6 Å². The number of allylic oxidation sites excluding steroid dienone is 1. The van der Waals surface area contributed by atoms with Gasteiger partial charge in [0.2, 0.25) is 19.3 Å². The van der Waals surface area contributed by atoms with E-state index in [9.17, 15) is 18.5 Å². The van der Waals surface area contributed by atoms with Crippen LogP contribution < -0.4 is 14.8 Å². The lowest BCUT2D eigenvalue weighted by atomic mass is 10.0. The molecule has 0 atom stereocenters. The van der Waals surface area contributed by atoms with Gasteiger partial charge in [0.1, 0.15) is 18.2 Å². The van der Waals surface area contributed by atoms with E-state index in [0.717, 1.165) is 22.9 Å². The Morgan fingerprint density at radius 2 is 2.00 bits per heavy atom. The number of carbonyl (C=O) groups excluding carboxylic acids is 1. The molecule has 1 amide bonds. The number of benzene rings is 2. The Morgan fingerprint density at radius 3 is 2.61 bits per heavy atom. The molecule has 0 unspecified atom stereocenters. The minimum atomic E-state index is -3.56. The normalized spacial score (nSPS) is 11.4. The van der Waals surface area contributed by atoms with Crippen LogP contribution in [-0.2, 0) is 27.7 Å². The van der Waals surface area contributed by atoms with Crippen LogP contribution in [0.25, 0.3) is 6.08 Å². The Hall–Kier alpha value is -4.01. The van der Waals surface area contributed by atoms with Crippen molar-refractivity contribution < 1.29 is 22.7 Å². The lowest BCUT2D eigenvalue weighted by molar-refractivity contribution is -0.112. The van der Waals surface area contributed by atoms with Gasteiger partial charge in [-0.15, -0.1) is 16.8 Å². The number of nitriles is 1. The van der Waals surface area contributed by atoms with Crippen LogP contribution in [0.1, 0.15) is 22.3 Å². The Bertz CT molecular complexity index is 1470. The summed E-state index contributed by atoms with van der Waals surface area (Å²) in [6.07, 6.45) is 4.57. The summed E-state index contributed by atoms with van der Waals surface area (Å²) < 4.78 is 34.6. The molecule has 1 aromatic heterocycles. The molecule has 0 spiro atoms. The molecular weight excluding hydrogens is 500 g/mol. The SMILES string of the molecule is C=CCc1cc(/C=C(/C#N)C(=O)Nc2nnc(S(C)(=O)=O)s2)cc(OC)c1OCc1ccccc1C. The zero-order chi connectivity index (χ0) is 26.3. The summed E-state index contributed by atoms with van der Waals surface area (Å²) in [6, 6.07) is 13.2. The fourth-order valence-corrected chi connectivity index (χ4v) is 4.71. The Kier molecular flexibility index (Phi) is 8.58. The highest BCUT2D eigenvalue weighted by molar-refractivity contribution is 7.92. The fraction of sp³-hybridized carbons (Fsp3) is 0.200. The van der Waals surface area contributed by atoms with Crippen LogP contribution in [0.15, 0.2) is 59.0 Å². The average molecular weight is 525 g/mol. The molecule has 1 N–H and O–H groups in total. The summed E-state index contributed by atoms with van der Waals surface area (Å²) in [5.41, 5.74) is 3.22. The number of rotatable bonds is 10. The number of sulfone groups is 1. The maximum atomic E-state index is 12.6. The zero-order valence-corrected chi connectivity index (χ0v) is 21.6. The number of methoxy groups -OCH3 is 1. The molecule has 9 nitrogen and oxygen atoms in total. The molecule has 0 bridgehead atoms. The van der Waals surface area contributed by atoms with Crippen molar-refractivity contribution in [3.63, 3.8) is 0 Å². The number of nitrogens with zero attached hydrogens (tertiary/aromatic N) is 3. The van der Waals surface area contributed by atoms with Gasteiger partial charge in [-0.1, -0.05) is 41.7 Å². The first-order valence-electron chi connectivity index (χ1n) is 10.6. The number of ether oxygens (including phenoxy) is 2. The van der Waals surface area contributed by atoms with Crippen LogP contribution in [0.5, 0.6) is 11.5 Å². The highest BCUT2D eigenvalue weighted by Crippen LogP contribution is 2.35. The largest absolute Gasteiger partial charge is 0.493 e. The lowest BCUT2D eigenvalue weighted by Crippen LogP contribution is -2.13. The summed E-state index contributed by atoms with van der Waals surface area (Å²) in [4.78, 5) is 12.6. The Labute approximate surface area is 213 Å². The molecule has 0 aliphatic carbocycles. The zero-order valence-electron chi connectivity index (χ0n) is 19.9. The number of carbonyl (C=O) groups is 1. The van der Waals surface area contributed by atoms with Gasteiger partial charge in [-0.05, 0) is 48.2 Å². The van der Waals surface area contributed by atoms with E-state index in [1.807, 2.05) is 37.3 Å². The minimum absolute atomic E-state index is 0.0357. The van der Waals surface area contributed by atoms with E-state index in [1.165, 1.54) is 13.2 Å². The van der Waals surface area contributed by atoms with Gasteiger partial charge >= 0.3 is 0 Å². The second-order valence-electron chi connectivity index (χ2n) is 7.69. The molecule has 36 heavy (non-hydrogen) atoms. The molecule has 0 fully saturated rings. The minimum Gasteiger partial charge on any atom is -0.493 e. The second kappa shape index (κ2) is 11.6. The monoisotopic (exact) mass is 524 g/mol. The lowest BCUT2D eigenvalue weighted by Gasteiger charge is -2.16. The fourth-order valence-electron chi connectivity index (χ4n) is 3.20. The standard InChI is InChI=1S/C25H24N4O5S2/c1-5-8-18-11-17(13-21(33-3)22(18)34-15-19-10-7-6-9-16(19)2)12-20(14-26)23(30)27-24-28-29-25(35-24)36(4,31)32/h5-7,9-13H,1,8,15H2,2-4H3,(H,27,28,30)/b20-12-. The Balaban J connectivity index is 1.90. The van der Waals surface area contributed by atoms with Crippen molar-refractivity contribution in [2.45, 2.75) is 24.3 Å². The number of aryl methyl sites for hydroxylation is 1. The van der Waals surface area contributed by atoms with E-state index in [4.69, 9.17) is 9.47 Å². The van der Waals surface area contributed by atoms with Crippen molar-refractivity contribution in [2.24, 2.45) is 0 Å². The van der Waals surface area contributed by atoms with E-state index in [2.05, 4.69) is 22.1 Å². The highest BCUT2D eigenvalue weighted by Gasteiger charge is 2.18. The molecule has 0 saturated heterocycles. The van der Waals surface area contributed by atoms with Gasteiger partial charge in [0.05, 0.1) is 7.11 Å². The van der Waals surface area contributed by atoms with Crippen molar-refractivity contribution in [1.29, 1.82) is 5.26 Å². The summed E-state index contributed by atoms with van der Waals surface area (Å²) in [6.45, 7) is 6.15. The third-order valence-corrected chi connectivity index (χ3v) is 7.50. The molecular formula is C25H24N4O5S2. The first-order valence-corrected chi connectivity index (χ1v) is 13.3. The molecule has 0 saturated carbocycles. The van der Waals surface area contributed by atoms with Crippen molar-refractivity contribution in [1.82, 2.24) is 10.2 Å². The van der Waals surface area contributed by atoms with Crippen LogP contribution in [0.3, 0.4) is 0 Å². The number of nitrogens with one attached hydrogen (secondary N) is 1. The number of hydrogen-bond acceptors (Lipinski definition) is 9. The summed E-state index contributed by atoms with van der Waals surface area (Å²) in [7, 11) is -2.05. The molecule has 186 valence electrons. The topological polar surface area (TPSA) is 131 Å². The smallest absolute Gasteiger partial charge is 0.268 e. The van der Waals surface area contributed by atoms with E-state index >= 15 is 0 Å². The number of amides is 1. The number of anilines is 1. The number of hydrogen-bond donors (Lipinski definition) is 1. The molecule has 0 aliphatic heterocycles. The third-order valence-electron chi connectivity index (χ3n) is 4.99. The maximum absolute atomic E-state index is 12.6.